The summed E-state index contributed by atoms with van der Waals surface area (Å²) in [5.74, 6) is -3.71. The van der Waals surface area contributed by atoms with Crippen molar-refractivity contribution in [1.82, 2.24) is 0 Å². The Morgan fingerprint density at radius 2 is 1.48 bits per heavy atom. The van der Waals surface area contributed by atoms with E-state index in [9.17, 15) is 24.3 Å². The fourth-order valence-corrected chi connectivity index (χ4v) is 7.90. The second-order valence-corrected chi connectivity index (χ2v) is 11.9. The van der Waals surface area contributed by atoms with Crippen molar-refractivity contribution in [3.63, 3.8) is 0 Å². The lowest BCUT2D eigenvalue weighted by Gasteiger charge is -2.49. The zero-order valence-electron chi connectivity index (χ0n) is 23.1. The van der Waals surface area contributed by atoms with Crippen molar-refractivity contribution in [3.8, 4) is 5.75 Å². The monoisotopic (exact) mass is 558 g/mol. The number of phenolic OH excluding ortho intramolecular Hbond substituents is 1. The van der Waals surface area contributed by atoms with Gasteiger partial charge in [-0.15, -0.1) is 0 Å². The molecule has 4 amide bonds. The van der Waals surface area contributed by atoms with Crippen LogP contribution < -0.4 is 9.80 Å². The first-order valence-corrected chi connectivity index (χ1v) is 14.3. The highest BCUT2D eigenvalue weighted by atomic mass is 16.3. The molecule has 2 aliphatic heterocycles. The number of anilines is 2. The average molecular weight is 559 g/mol. The lowest BCUT2D eigenvalue weighted by atomic mass is 9.51. The standard InChI is InChI=1S/C35H30N2O5/c1-3-20-9-13-23(14-10-20)36-31(39)26-18-17-25-27(29(26)33(36)41)19-28-32(40)37(22-7-5-4-6-8-22)34(42)35(28,2)30(25)21-11-15-24(38)16-12-21/h3-17,26-30,38H,1,18-19H2,2H3/t26-,27+,28-,29-,30-,35+/m0/s1. The number of rotatable bonds is 4. The predicted molar refractivity (Wildman–Crippen MR) is 158 cm³/mol. The Morgan fingerprint density at radius 1 is 0.810 bits per heavy atom. The number of imide groups is 2. The van der Waals surface area contributed by atoms with Crippen LogP contribution in [0.4, 0.5) is 11.4 Å². The number of phenols is 1. The van der Waals surface area contributed by atoms with E-state index in [2.05, 4.69) is 6.58 Å². The lowest BCUT2D eigenvalue weighted by molar-refractivity contribution is -0.131. The minimum absolute atomic E-state index is 0.0971. The van der Waals surface area contributed by atoms with E-state index in [1.807, 2.05) is 31.2 Å². The first-order valence-electron chi connectivity index (χ1n) is 14.3. The van der Waals surface area contributed by atoms with E-state index in [4.69, 9.17) is 0 Å². The van der Waals surface area contributed by atoms with Gasteiger partial charge in [0, 0.05) is 5.92 Å². The number of carbonyl (C=O) groups excluding carboxylic acids is 4. The van der Waals surface area contributed by atoms with Crippen molar-refractivity contribution in [2.75, 3.05) is 9.80 Å². The van der Waals surface area contributed by atoms with Crippen LogP contribution in [0.3, 0.4) is 0 Å². The molecule has 7 nitrogen and oxygen atoms in total. The summed E-state index contributed by atoms with van der Waals surface area (Å²) in [5, 5.41) is 10.0. The quantitative estimate of drug-likeness (QED) is 0.339. The molecule has 6 atom stereocenters. The van der Waals surface area contributed by atoms with Crippen molar-refractivity contribution >= 4 is 41.1 Å². The molecule has 2 aliphatic carbocycles. The van der Waals surface area contributed by atoms with Gasteiger partial charge in [0.05, 0.1) is 34.5 Å². The number of nitrogens with zero attached hydrogens (tertiary/aromatic N) is 2. The summed E-state index contributed by atoms with van der Waals surface area (Å²) in [5.41, 5.74) is 2.52. The van der Waals surface area contributed by atoms with Gasteiger partial charge < -0.3 is 5.11 Å². The van der Waals surface area contributed by atoms with Crippen LogP contribution in [-0.2, 0) is 19.2 Å². The molecule has 4 aliphatic rings. The van der Waals surface area contributed by atoms with E-state index in [1.165, 1.54) is 9.80 Å². The number of hydrogen-bond donors (Lipinski definition) is 1. The number of benzene rings is 3. The van der Waals surface area contributed by atoms with Gasteiger partial charge in [-0.3, -0.25) is 24.1 Å². The number of carbonyl (C=O) groups is 4. The molecule has 2 heterocycles. The maximum Gasteiger partial charge on any atom is 0.241 e. The number of fused-ring (bicyclic) bond motifs is 4. The normalized spacial score (nSPS) is 30.1. The molecule has 3 aromatic rings. The zero-order valence-corrected chi connectivity index (χ0v) is 23.1. The first kappa shape index (κ1) is 26.1. The molecule has 42 heavy (non-hydrogen) atoms. The minimum atomic E-state index is -1.11. The van der Waals surface area contributed by atoms with E-state index < -0.39 is 29.1 Å². The fraction of sp³-hybridized carbons (Fsp3) is 0.257. The zero-order chi connectivity index (χ0) is 29.3. The van der Waals surface area contributed by atoms with Crippen LogP contribution in [0, 0.1) is 29.1 Å². The summed E-state index contributed by atoms with van der Waals surface area (Å²) in [6, 6.07) is 22.8. The maximum atomic E-state index is 14.3. The van der Waals surface area contributed by atoms with Crippen LogP contribution in [-0.4, -0.2) is 28.7 Å². The Morgan fingerprint density at radius 3 is 2.14 bits per heavy atom. The van der Waals surface area contributed by atoms with Crippen molar-refractivity contribution in [1.29, 1.82) is 0 Å². The summed E-state index contributed by atoms with van der Waals surface area (Å²) in [7, 11) is 0. The van der Waals surface area contributed by atoms with Crippen LogP contribution in [0.1, 0.15) is 36.8 Å². The minimum Gasteiger partial charge on any atom is -0.508 e. The molecule has 3 aromatic carbocycles. The number of allylic oxidation sites excluding steroid dienone is 2. The highest BCUT2D eigenvalue weighted by Crippen LogP contribution is 2.63. The molecule has 0 unspecified atom stereocenters. The van der Waals surface area contributed by atoms with E-state index in [1.54, 1.807) is 66.7 Å². The topological polar surface area (TPSA) is 95.0 Å². The van der Waals surface area contributed by atoms with E-state index in [-0.39, 0.29) is 35.3 Å². The number of para-hydroxylation sites is 1. The molecule has 0 spiro atoms. The molecule has 0 bridgehead atoms. The predicted octanol–water partition coefficient (Wildman–Crippen LogP) is 5.47. The summed E-state index contributed by atoms with van der Waals surface area (Å²) in [6.45, 7) is 5.63. The molecule has 1 N–H and O–H groups in total. The van der Waals surface area contributed by atoms with Gasteiger partial charge in [0.2, 0.25) is 23.6 Å². The Hall–Kier alpha value is -4.78. The summed E-state index contributed by atoms with van der Waals surface area (Å²) >= 11 is 0. The van der Waals surface area contributed by atoms with Crippen molar-refractivity contribution in [2.24, 2.45) is 29.1 Å². The SMILES string of the molecule is C=Cc1ccc(N2C(=O)[C@H]3[C@H](CC=C4[C@H]3C[C@H]3C(=O)N(c5ccccc5)C(=O)[C@@]3(C)[C@H]4c3ccc(O)cc3)C2=O)cc1. The number of amides is 4. The molecular formula is C35H30N2O5. The van der Waals surface area contributed by atoms with Crippen LogP contribution in [0.5, 0.6) is 5.75 Å². The third-order valence-electron chi connectivity index (χ3n) is 9.90. The number of aromatic hydroxyl groups is 1. The molecule has 210 valence electrons. The molecular weight excluding hydrogens is 528 g/mol. The first-order chi connectivity index (χ1) is 20.3. The molecule has 2 saturated heterocycles. The molecule has 7 heteroatoms. The van der Waals surface area contributed by atoms with Crippen LogP contribution in [0.25, 0.3) is 6.08 Å². The van der Waals surface area contributed by atoms with E-state index >= 15 is 0 Å². The Labute approximate surface area is 243 Å². The van der Waals surface area contributed by atoms with Gasteiger partial charge in [0.15, 0.2) is 0 Å². The molecule has 7 rings (SSSR count). The lowest BCUT2D eigenvalue weighted by Crippen LogP contribution is -2.48. The summed E-state index contributed by atoms with van der Waals surface area (Å²) < 4.78 is 0. The van der Waals surface area contributed by atoms with Gasteiger partial charge in [-0.25, -0.2) is 4.90 Å². The molecule has 3 fully saturated rings. The molecule has 0 aromatic heterocycles. The molecule has 0 radical (unpaired) electrons. The fourth-order valence-electron chi connectivity index (χ4n) is 7.90. The van der Waals surface area contributed by atoms with Gasteiger partial charge in [0.1, 0.15) is 5.75 Å². The highest BCUT2D eigenvalue weighted by Gasteiger charge is 2.67. The largest absolute Gasteiger partial charge is 0.508 e. The third-order valence-corrected chi connectivity index (χ3v) is 9.90. The van der Waals surface area contributed by atoms with Crippen LogP contribution in [0.15, 0.2) is 97.1 Å². The Kier molecular flexibility index (Phi) is 5.84. The van der Waals surface area contributed by atoms with Crippen molar-refractivity contribution in [2.45, 2.75) is 25.7 Å². The molecule has 1 saturated carbocycles. The van der Waals surface area contributed by atoms with Crippen LogP contribution in [0.2, 0.25) is 0 Å². The second kappa shape index (κ2) is 9.38. The van der Waals surface area contributed by atoms with Gasteiger partial charge in [-0.2, -0.15) is 0 Å². The van der Waals surface area contributed by atoms with Gasteiger partial charge >= 0.3 is 0 Å². The summed E-state index contributed by atoms with van der Waals surface area (Å²) in [4.78, 5) is 58.9. The maximum absolute atomic E-state index is 14.3. The van der Waals surface area contributed by atoms with Crippen molar-refractivity contribution in [3.05, 3.63) is 108 Å². The average Bonchev–Trinajstić information content (AvgIpc) is 3.37. The number of hydrogen-bond acceptors (Lipinski definition) is 5. The van der Waals surface area contributed by atoms with Crippen molar-refractivity contribution < 1.29 is 24.3 Å². The third kappa shape index (κ3) is 3.52. The van der Waals surface area contributed by atoms with Gasteiger partial charge in [0.25, 0.3) is 0 Å². The van der Waals surface area contributed by atoms with E-state index in [0.717, 1.165) is 16.7 Å². The van der Waals surface area contributed by atoms with Crippen LogP contribution >= 0.6 is 0 Å². The second-order valence-electron chi connectivity index (χ2n) is 11.9. The van der Waals surface area contributed by atoms with Gasteiger partial charge in [-0.05, 0) is 73.2 Å². The summed E-state index contributed by atoms with van der Waals surface area (Å²) in [6.07, 6.45) is 4.41. The van der Waals surface area contributed by atoms with Gasteiger partial charge in [-0.1, -0.05) is 66.8 Å². The van der Waals surface area contributed by atoms with E-state index in [0.29, 0.717) is 24.2 Å². The Bertz CT molecular complexity index is 1680. The highest BCUT2D eigenvalue weighted by molar-refractivity contribution is 6.25. The Balaban J connectivity index is 1.34. The smallest absolute Gasteiger partial charge is 0.241 e.